The Hall–Kier alpha value is -2.78. The first-order valence-electron chi connectivity index (χ1n) is 6.24. The summed E-state index contributed by atoms with van der Waals surface area (Å²) in [6.45, 7) is 0. The van der Waals surface area contributed by atoms with Crippen LogP contribution < -0.4 is 4.72 Å². The minimum absolute atomic E-state index is 0.0403. The highest BCUT2D eigenvalue weighted by Gasteiger charge is 2.16. The molecule has 2 aromatic rings. The molecule has 2 aromatic carbocycles. The zero-order valence-corrected chi connectivity index (χ0v) is 12.6. The number of hydrogen-bond donors (Lipinski definition) is 1. The van der Waals surface area contributed by atoms with Gasteiger partial charge in [0.1, 0.15) is 0 Å². The fourth-order valence-corrected chi connectivity index (χ4v) is 2.89. The topological polar surface area (TPSA) is 72.5 Å². The van der Waals surface area contributed by atoms with Crippen LogP contribution in [0.1, 0.15) is 15.9 Å². The number of rotatable bonds is 4. The van der Waals surface area contributed by atoms with Crippen molar-refractivity contribution >= 4 is 21.7 Å². The van der Waals surface area contributed by atoms with Crippen molar-refractivity contribution in [3.8, 4) is 12.3 Å². The average molecular weight is 315 g/mol. The largest absolute Gasteiger partial charge is 0.465 e. The Kier molecular flexibility index (Phi) is 4.49. The molecular weight excluding hydrogens is 302 g/mol. The predicted octanol–water partition coefficient (Wildman–Crippen LogP) is 2.26. The number of terminal acetylenes is 1. The highest BCUT2D eigenvalue weighted by molar-refractivity contribution is 7.92. The van der Waals surface area contributed by atoms with Crippen LogP contribution in [0.5, 0.6) is 0 Å². The number of hydrogen-bond acceptors (Lipinski definition) is 4. The number of nitrogens with one attached hydrogen (secondary N) is 1. The summed E-state index contributed by atoms with van der Waals surface area (Å²) in [6, 6.07) is 12.1. The normalized spacial score (nSPS) is 10.5. The average Bonchev–Trinajstić information content (AvgIpc) is 2.54. The summed E-state index contributed by atoms with van der Waals surface area (Å²) >= 11 is 0. The van der Waals surface area contributed by atoms with Crippen molar-refractivity contribution in [1.82, 2.24) is 0 Å². The van der Waals surface area contributed by atoms with E-state index in [-0.39, 0.29) is 10.5 Å². The van der Waals surface area contributed by atoms with Crippen LogP contribution in [-0.4, -0.2) is 21.5 Å². The maximum atomic E-state index is 12.3. The lowest BCUT2D eigenvalue weighted by molar-refractivity contribution is 0.0600. The van der Waals surface area contributed by atoms with Gasteiger partial charge in [-0.05, 0) is 36.4 Å². The van der Waals surface area contributed by atoms with Crippen molar-refractivity contribution in [3.05, 3.63) is 59.7 Å². The molecule has 0 fully saturated rings. The Morgan fingerprint density at radius 2 is 1.91 bits per heavy atom. The van der Waals surface area contributed by atoms with Crippen LogP contribution in [-0.2, 0) is 14.8 Å². The van der Waals surface area contributed by atoms with E-state index in [2.05, 4.69) is 15.4 Å². The Morgan fingerprint density at radius 3 is 2.59 bits per heavy atom. The molecular formula is C16H13NO4S. The number of sulfonamides is 1. The van der Waals surface area contributed by atoms with Crippen LogP contribution in [0.3, 0.4) is 0 Å². The molecule has 0 saturated carbocycles. The van der Waals surface area contributed by atoms with E-state index < -0.39 is 16.0 Å². The molecule has 0 aliphatic rings. The van der Waals surface area contributed by atoms with Crippen LogP contribution in [0.2, 0.25) is 0 Å². The summed E-state index contributed by atoms with van der Waals surface area (Å²) in [5.41, 5.74) is 1.06. The second-order valence-electron chi connectivity index (χ2n) is 4.35. The Balaban J connectivity index is 2.34. The van der Waals surface area contributed by atoms with E-state index in [1.54, 1.807) is 24.3 Å². The van der Waals surface area contributed by atoms with Crippen LogP contribution in [0.15, 0.2) is 53.4 Å². The van der Waals surface area contributed by atoms with Crippen LogP contribution >= 0.6 is 0 Å². The minimum atomic E-state index is -3.83. The number of methoxy groups -OCH3 is 1. The first-order chi connectivity index (χ1) is 10.5. The molecule has 0 atom stereocenters. The second kappa shape index (κ2) is 6.33. The zero-order valence-electron chi connectivity index (χ0n) is 11.7. The van der Waals surface area contributed by atoms with Crippen LogP contribution in [0, 0.1) is 12.3 Å². The maximum absolute atomic E-state index is 12.3. The predicted molar refractivity (Wildman–Crippen MR) is 83.0 cm³/mol. The molecule has 0 amide bonds. The van der Waals surface area contributed by atoms with Crippen molar-refractivity contribution < 1.29 is 17.9 Å². The van der Waals surface area contributed by atoms with Gasteiger partial charge in [0.25, 0.3) is 10.0 Å². The molecule has 0 radical (unpaired) electrons. The molecule has 22 heavy (non-hydrogen) atoms. The summed E-state index contributed by atoms with van der Waals surface area (Å²) in [6.07, 6.45) is 5.28. The van der Waals surface area contributed by atoms with E-state index in [1.165, 1.54) is 31.4 Å². The molecule has 2 rings (SSSR count). The summed E-state index contributed by atoms with van der Waals surface area (Å²) in [4.78, 5) is 11.4. The van der Waals surface area contributed by atoms with E-state index >= 15 is 0 Å². The Bertz CT molecular complexity index is 850. The van der Waals surface area contributed by atoms with Crippen LogP contribution in [0.4, 0.5) is 5.69 Å². The second-order valence-corrected chi connectivity index (χ2v) is 6.03. The molecule has 0 aromatic heterocycles. The summed E-state index contributed by atoms with van der Waals surface area (Å²) < 4.78 is 31.7. The van der Waals surface area contributed by atoms with Gasteiger partial charge in [-0.25, -0.2) is 13.2 Å². The lowest BCUT2D eigenvalue weighted by atomic mass is 10.2. The van der Waals surface area contributed by atoms with E-state index in [4.69, 9.17) is 6.42 Å². The fourth-order valence-electron chi connectivity index (χ4n) is 1.79. The maximum Gasteiger partial charge on any atom is 0.337 e. The molecule has 6 heteroatoms. The molecule has 0 spiro atoms. The molecule has 0 aliphatic carbocycles. The Morgan fingerprint density at radius 1 is 1.18 bits per heavy atom. The molecule has 0 heterocycles. The summed E-state index contributed by atoms with van der Waals surface area (Å²) in [7, 11) is -2.60. The third kappa shape index (κ3) is 3.45. The van der Waals surface area contributed by atoms with Gasteiger partial charge in [0.15, 0.2) is 0 Å². The monoisotopic (exact) mass is 315 g/mol. The first kappa shape index (κ1) is 15.6. The number of carbonyl (C=O) groups excluding carboxylic acids is 1. The van der Waals surface area contributed by atoms with Crippen molar-refractivity contribution in [2.45, 2.75) is 4.90 Å². The molecule has 0 aliphatic heterocycles. The smallest absolute Gasteiger partial charge is 0.337 e. The highest BCUT2D eigenvalue weighted by atomic mass is 32.2. The lowest BCUT2D eigenvalue weighted by Crippen LogP contribution is -2.14. The number of carbonyl (C=O) groups is 1. The minimum Gasteiger partial charge on any atom is -0.465 e. The van der Waals surface area contributed by atoms with Crippen molar-refractivity contribution in [2.75, 3.05) is 11.8 Å². The van der Waals surface area contributed by atoms with Gasteiger partial charge in [0, 0.05) is 5.56 Å². The van der Waals surface area contributed by atoms with Crippen molar-refractivity contribution in [2.24, 2.45) is 0 Å². The number of benzene rings is 2. The van der Waals surface area contributed by atoms with Gasteiger partial charge in [0.05, 0.1) is 23.3 Å². The number of ether oxygens (including phenoxy) is 1. The first-order valence-corrected chi connectivity index (χ1v) is 7.72. The van der Waals surface area contributed by atoms with E-state index in [9.17, 15) is 13.2 Å². The molecule has 0 saturated heterocycles. The van der Waals surface area contributed by atoms with Crippen LogP contribution in [0.25, 0.3) is 0 Å². The van der Waals surface area contributed by atoms with E-state index in [0.717, 1.165) is 0 Å². The van der Waals surface area contributed by atoms with Gasteiger partial charge in [-0.1, -0.05) is 18.1 Å². The quantitative estimate of drug-likeness (QED) is 0.694. The summed E-state index contributed by atoms with van der Waals surface area (Å²) in [5.74, 6) is 1.82. The molecule has 5 nitrogen and oxygen atoms in total. The Labute approximate surface area is 129 Å². The van der Waals surface area contributed by atoms with Crippen molar-refractivity contribution in [3.63, 3.8) is 0 Å². The third-order valence-electron chi connectivity index (χ3n) is 2.85. The fraction of sp³-hybridized carbons (Fsp3) is 0.0625. The van der Waals surface area contributed by atoms with Crippen molar-refractivity contribution in [1.29, 1.82) is 0 Å². The van der Waals surface area contributed by atoms with Gasteiger partial charge in [0.2, 0.25) is 0 Å². The molecule has 1 N–H and O–H groups in total. The number of esters is 1. The standard InChI is InChI=1S/C16H13NO4S/c1-3-12-6-4-8-14(10-12)17-22(19,20)15-9-5-7-13(11-15)16(18)21-2/h1,4-11,17H,2H3. The summed E-state index contributed by atoms with van der Waals surface area (Å²) in [5, 5.41) is 0. The SMILES string of the molecule is C#Cc1cccc(NS(=O)(=O)c2cccc(C(=O)OC)c2)c1. The van der Waals surface area contributed by atoms with Gasteiger partial charge in [-0.15, -0.1) is 6.42 Å². The van der Waals surface area contributed by atoms with E-state index in [1.807, 2.05) is 0 Å². The lowest BCUT2D eigenvalue weighted by Gasteiger charge is -2.09. The molecule has 0 unspecified atom stereocenters. The molecule has 0 bridgehead atoms. The van der Waals surface area contributed by atoms with Gasteiger partial charge < -0.3 is 4.74 Å². The highest BCUT2D eigenvalue weighted by Crippen LogP contribution is 2.18. The van der Waals surface area contributed by atoms with Gasteiger partial charge in [-0.2, -0.15) is 0 Å². The van der Waals surface area contributed by atoms with Gasteiger partial charge in [-0.3, -0.25) is 4.72 Å². The number of anilines is 1. The zero-order chi connectivity index (χ0) is 16.2. The van der Waals surface area contributed by atoms with E-state index in [0.29, 0.717) is 11.3 Å². The molecule has 112 valence electrons. The third-order valence-corrected chi connectivity index (χ3v) is 4.23. The van der Waals surface area contributed by atoms with Gasteiger partial charge >= 0.3 is 5.97 Å².